The Morgan fingerprint density at radius 3 is 2.37 bits per heavy atom. The Hall–Kier alpha value is -1.87. The molecule has 0 spiro atoms. The van der Waals surface area contributed by atoms with Crippen molar-refractivity contribution < 1.29 is 13.9 Å². The molecule has 2 nitrogen and oxygen atoms in total. The number of halogens is 2. The van der Waals surface area contributed by atoms with Gasteiger partial charge in [0.1, 0.15) is 5.75 Å². The van der Waals surface area contributed by atoms with E-state index in [0.717, 1.165) is 11.1 Å². The lowest BCUT2D eigenvalue weighted by Crippen LogP contribution is -1.97. The lowest BCUT2D eigenvalue weighted by molar-refractivity contribution is 0.112. The fourth-order valence-corrected chi connectivity index (χ4v) is 2.21. The molecule has 0 atom stereocenters. The quantitative estimate of drug-likeness (QED) is 0.761. The molecule has 0 bridgehead atoms. The standard InChI is InChI=1S/C15H12ClFO2/c1-9-6-12(16)7-10(2)14(9)19-15-11(8-18)4-3-5-13(15)17/h3-8H,1-2H3. The Morgan fingerprint density at radius 1 is 1.16 bits per heavy atom. The third-order valence-corrected chi connectivity index (χ3v) is 2.97. The van der Waals surface area contributed by atoms with Crippen molar-refractivity contribution in [3.8, 4) is 11.5 Å². The van der Waals surface area contributed by atoms with Gasteiger partial charge >= 0.3 is 0 Å². The number of hydrogen-bond donors (Lipinski definition) is 0. The average Bonchev–Trinajstić information content (AvgIpc) is 2.34. The topological polar surface area (TPSA) is 26.3 Å². The van der Waals surface area contributed by atoms with E-state index in [-0.39, 0.29) is 11.3 Å². The van der Waals surface area contributed by atoms with Crippen molar-refractivity contribution in [2.24, 2.45) is 0 Å². The van der Waals surface area contributed by atoms with Gasteiger partial charge < -0.3 is 4.74 Å². The van der Waals surface area contributed by atoms with Crippen LogP contribution in [0.4, 0.5) is 4.39 Å². The molecule has 0 heterocycles. The van der Waals surface area contributed by atoms with Crippen LogP contribution in [-0.4, -0.2) is 6.29 Å². The van der Waals surface area contributed by atoms with Gasteiger partial charge in [0.05, 0.1) is 5.56 Å². The van der Waals surface area contributed by atoms with Crippen molar-refractivity contribution in [2.45, 2.75) is 13.8 Å². The molecule has 0 aromatic heterocycles. The normalized spacial score (nSPS) is 10.3. The molecule has 98 valence electrons. The highest BCUT2D eigenvalue weighted by molar-refractivity contribution is 6.30. The van der Waals surface area contributed by atoms with Gasteiger partial charge in [0.2, 0.25) is 0 Å². The minimum absolute atomic E-state index is 0.0639. The molecule has 0 aliphatic rings. The lowest BCUT2D eigenvalue weighted by atomic mass is 10.1. The molecule has 0 N–H and O–H groups in total. The smallest absolute Gasteiger partial charge is 0.173 e. The molecule has 0 saturated carbocycles. The van der Waals surface area contributed by atoms with Crippen LogP contribution in [0.5, 0.6) is 11.5 Å². The third kappa shape index (κ3) is 2.76. The molecule has 4 heteroatoms. The Kier molecular flexibility index (Phi) is 3.86. The summed E-state index contributed by atoms with van der Waals surface area (Å²) in [5.74, 6) is -0.123. The van der Waals surface area contributed by atoms with Crippen LogP contribution in [0, 0.1) is 19.7 Å². The van der Waals surface area contributed by atoms with Gasteiger partial charge in [0, 0.05) is 5.02 Å². The average molecular weight is 279 g/mol. The monoisotopic (exact) mass is 278 g/mol. The molecular weight excluding hydrogens is 267 g/mol. The van der Waals surface area contributed by atoms with E-state index in [1.165, 1.54) is 18.2 Å². The van der Waals surface area contributed by atoms with Gasteiger partial charge in [-0.2, -0.15) is 0 Å². The molecule has 19 heavy (non-hydrogen) atoms. The molecule has 0 amide bonds. The first-order valence-electron chi connectivity index (χ1n) is 5.71. The molecule has 0 aliphatic carbocycles. The van der Waals surface area contributed by atoms with Gasteiger partial charge in [0.15, 0.2) is 17.9 Å². The molecule has 0 saturated heterocycles. The van der Waals surface area contributed by atoms with E-state index in [4.69, 9.17) is 16.3 Å². The summed E-state index contributed by atoms with van der Waals surface area (Å²) in [4.78, 5) is 10.9. The number of hydrogen-bond acceptors (Lipinski definition) is 2. The van der Waals surface area contributed by atoms with Gasteiger partial charge in [-0.25, -0.2) is 4.39 Å². The minimum atomic E-state index is -0.571. The Bertz CT molecular complexity index is 615. The number of aryl methyl sites for hydroxylation is 2. The molecule has 2 rings (SSSR count). The summed E-state index contributed by atoms with van der Waals surface area (Å²) in [5, 5.41) is 0.589. The Labute approximate surface area is 115 Å². The predicted octanol–water partition coefficient (Wildman–Crippen LogP) is 4.70. The Balaban J connectivity index is 2.50. The minimum Gasteiger partial charge on any atom is -0.453 e. The largest absolute Gasteiger partial charge is 0.453 e. The van der Waals surface area contributed by atoms with Crippen molar-refractivity contribution in [3.05, 3.63) is 57.9 Å². The summed E-state index contributed by atoms with van der Waals surface area (Å²) in [7, 11) is 0. The maximum atomic E-state index is 13.8. The van der Waals surface area contributed by atoms with Crippen molar-refractivity contribution in [1.82, 2.24) is 0 Å². The number of carbonyl (C=O) groups excluding carboxylic acids is 1. The summed E-state index contributed by atoms with van der Waals surface area (Å²) >= 11 is 5.93. The number of para-hydroxylation sites is 1. The summed E-state index contributed by atoms with van der Waals surface area (Å²) in [6.45, 7) is 3.63. The Morgan fingerprint density at radius 2 is 1.79 bits per heavy atom. The maximum absolute atomic E-state index is 13.8. The van der Waals surface area contributed by atoms with Crippen LogP contribution < -0.4 is 4.74 Å². The fraction of sp³-hybridized carbons (Fsp3) is 0.133. The second-order valence-electron chi connectivity index (χ2n) is 4.25. The first kappa shape index (κ1) is 13.6. The zero-order valence-corrected chi connectivity index (χ0v) is 11.3. The molecule has 0 unspecified atom stereocenters. The van der Waals surface area contributed by atoms with Gasteiger partial charge in [0.25, 0.3) is 0 Å². The van der Waals surface area contributed by atoms with Crippen LogP contribution in [0.2, 0.25) is 5.02 Å². The highest BCUT2D eigenvalue weighted by atomic mass is 35.5. The molecule has 0 radical (unpaired) electrons. The summed E-state index contributed by atoms with van der Waals surface area (Å²) in [6, 6.07) is 7.68. The van der Waals surface area contributed by atoms with E-state index >= 15 is 0 Å². The fourth-order valence-electron chi connectivity index (χ4n) is 1.89. The van der Waals surface area contributed by atoms with Crippen LogP contribution in [-0.2, 0) is 0 Å². The lowest BCUT2D eigenvalue weighted by Gasteiger charge is -2.14. The van der Waals surface area contributed by atoms with Gasteiger partial charge in [-0.1, -0.05) is 17.7 Å². The molecule has 2 aromatic rings. The van der Waals surface area contributed by atoms with Crippen LogP contribution in [0.1, 0.15) is 21.5 Å². The SMILES string of the molecule is Cc1cc(Cl)cc(C)c1Oc1c(F)cccc1C=O. The maximum Gasteiger partial charge on any atom is 0.173 e. The second kappa shape index (κ2) is 5.41. The number of aldehydes is 1. The van der Waals surface area contributed by atoms with Crippen molar-refractivity contribution >= 4 is 17.9 Å². The number of rotatable bonds is 3. The van der Waals surface area contributed by atoms with Crippen LogP contribution in [0.15, 0.2) is 30.3 Å². The zero-order chi connectivity index (χ0) is 14.0. The molecule has 2 aromatic carbocycles. The van der Waals surface area contributed by atoms with Crippen LogP contribution in [0.25, 0.3) is 0 Å². The van der Waals surface area contributed by atoms with E-state index in [1.54, 1.807) is 12.1 Å². The third-order valence-electron chi connectivity index (χ3n) is 2.75. The van der Waals surface area contributed by atoms with Gasteiger partial charge in [-0.3, -0.25) is 4.79 Å². The zero-order valence-electron chi connectivity index (χ0n) is 10.5. The highest BCUT2D eigenvalue weighted by Crippen LogP contribution is 2.33. The second-order valence-corrected chi connectivity index (χ2v) is 4.68. The van der Waals surface area contributed by atoms with Gasteiger partial charge in [-0.15, -0.1) is 0 Å². The number of ether oxygens (including phenoxy) is 1. The summed E-state index contributed by atoms with van der Waals surface area (Å²) < 4.78 is 19.3. The van der Waals surface area contributed by atoms with E-state index in [9.17, 15) is 9.18 Å². The first-order chi connectivity index (χ1) is 9.02. The highest BCUT2D eigenvalue weighted by Gasteiger charge is 2.13. The van der Waals surface area contributed by atoms with Crippen molar-refractivity contribution in [2.75, 3.05) is 0 Å². The van der Waals surface area contributed by atoms with E-state index < -0.39 is 5.82 Å². The molecule has 0 aliphatic heterocycles. The van der Waals surface area contributed by atoms with E-state index in [1.807, 2.05) is 13.8 Å². The van der Waals surface area contributed by atoms with E-state index in [0.29, 0.717) is 17.1 Å². The first-order valence-corrected chi connectivity index (χ1v) is 6.09. The van der Waals surface area contributed by atoms with Crippen LogP contribution >= 0.6 is 11.6 Å². The number of carbonyl (C=O) groups is 1. The summed E-state index contributed by atoms with van der Waals surface area (Å²) in [5.41, 5.74) is 1.74. The van der Waals surface area contributed by atoms with Gasteiger partial charge in [-0.05, 0) is 49.2 Å². The van der Waals surface area contributed by atoms with Crippen LogP contribution in [0.3, 0.4) is 0 Å². The summed E-state index contributed by atoms with van der Waals surface area (Å²) in [6.07, 6.45) is 0.568. The van der Waals surface area contributed by atoms with Crippen molar-refractivity contribution in [1.29, 1.82) is 0 Å². The number of benzene rings is 2. The van der Waals surface area contributed by atoms with Crippen molar-refractivity contribution in [3.63, 3.8) is 0 Å². The molecule has 0 fully saturated rings. The molecular formula is C15H12ClFO2. The van der Waals surface area contributed by atoms with E-state index in [2.05, 4.69) is 0 Å². The predicted molar refractivity (Wildman–Crippen MR) is 72.8 cm³/mol.